The first kappa shape index (κ1) is 45.6. The zero-order valence-electron chi connectivity index (χ0n) is 38.2. The van der Waals surface area contributed by atoms with Gasteiger partial charge in [-0.3, -0.25) is 24.9 Å². The zero-order chi connectivity index (χ0) is 43.2. The van der Waals surface area contributed by atoms with Gasteiger partial charge in [0.15, 0.2) is 0 Å². The lowest BCUT2D eigenvalue weighted by atomic mass is 9.61. The van der Waals surface area contributed by atoms with E-state index in [4.69, 9.17) is 30.8 Å². The van der Waals surface area contributed by atoms with Crippen molar-refractivity contribution in [3.05, 3.63) is 0 Å². The molecule has 10 rings (SSSR count). The number of thioether (sulfide) groups is 1. The summed E-state index contributed by atoms with van der Waals surface area (Å²) in [5.41, 5.74) is 16.1. The highest BCUT2D eigenvalue weighted by atomic mass is 35.5. The minimum atomic E-state index is -0.199. The summed E-state index contributed by atoms with van der Waals surface area (Å²) in [6.07, 6.45) is 20.6. The number of carbonyl (C=O) groups excluding carboxylic acids is 1. The average Bonchev–Trinajstić information content (AvgIpc) is 3.99. The van der Waals surface area contributed by atoms with Crippen LogP contribution >= 0.6 is 23.4 Å². The first-order valence-corrected chi connectivity index (χ1v) is 26.8. The Bertz CT molecular complexity index is 1630. The third-order valence-electron chi connectivity index (χ3n) is 17.6. The normalized spacial score (nSPS) is 46.0. The van der Waals surface area contributed by atoms with Crippen LogP contribution in [0.15, 0.2) is 4.99 Å². The van der Waals surface area contributed by atoms with E-state index in [2.05, 4.69) is 80.7 Å². The van der Waals surface area contributed by atoms with E-state index in [9.17, 15) is 10.1 Å². The van der Waals surface area contributed by atoms with E-state index >= 15 is 0 Å². The SMILES string of the molecule is CC1SC2C(C(C3CCC(OC4CC5(CCN(C6CCC(C(=O)NC7CCC(OC8CCC(C#N)C(Cl)C8)CC7)NN6)CC5)C4)CC3)=N[C@@H](CC3NCCO3)C3NNC(C)N23)C1C. The van der Waals surface area contributed by atoms with Crippen LogP contribution < -0.4 is 32.3 Å². The van der Waals surface area contributed by atoms with Gasteiger partial charge in [0.2, 0.25) is 5.91 Å². The quantitative estimate of drug-likeness (QED) is 0.161. The van der Waals surface area contributed by atoms with Gasteiger partial charge in [-0.15, -0.1) is 23.4 Å². The van der Waals surface area contributed by atoms with Crippen molar-refractivity contribution in [1.82, 2.24) is 42.1 Å². The first-order chi connectivity index (χ1) is 30.6. The lowest BCUT2D eigenvalue weighted by molar-refractivity contribution is -0.143. The molecule has 6 aliphatic heterocycles. The van der Waals surface area contributed by atoms with Gasteiger partial charge in [-0.25, -0.2) is 21.7 Å². The van der Waals surface area contributed by atoms with Crippen molar-refractivity contribution < 1.29 is 19.0 Å². The van der Waals surface area contributed by atoms with Crippen LogP contribution in [0.3, 0.4) is 0 Å². The van der Waals surface area contributed by atoms with Crippen LogP contribution in [0.25, 0.3) is 0 Å². The Hall–Kier alpha value is -1.13. The largest absolute Gasteiger partial charge is 0.375 e. The molecule has 4 saturated carbocycles. The predicted molar refractivity (Wildman–Crippen MR) is 246 cm³/mol. The fraction of sp³-hybridized carbons (Fsp3) is 0.936. The van der Waals surface area contributed by atoms with Crippen LogP contribution in [-0.4, -0.2) is 131 Å². The Morgan fingerprint density at radius 3 is 2.33 bits per heavy atom. The number of carbonyl (C=O) groups is 1. The van der Waals surface area contributed by atoms with Crippen molar-refractivity contribution in [2.24, 2.45) is 34.1 Å². The number of fused-ring (bicyclic) bond motifs is 3. The van der Waals surface area contributed by atoms with E-state index in [-0.39, 0.29) is 72.3 Å². The number of hydrogen-bond acceptors (Lipinski definition) is 14. The molecule has 16 heteroatoms. The summed E-state index contributed by atoms with van der Waals surface area (Å²) in [5.74, 6) is 1.68. The van der Waals surface area contributed by atoms with Gasteiger partial charge in [-0.2, -0.15) is 5.26 Å². The molecular formula is C47H77ClN10O4S. The van der Waals surface area contributed by atoms with Gasteiger partial charge in [0, 0.05) is 49.0 Å². The van der Waals surface area contributed by atoms with Crippen LogP contribution in [0.1, 0.15) is 136 Å². The predicted octanol–water partition coefficient (Wildman–Crippen LogP) is 5.09. The smallest absolute Gasteiger partial charge is 0.238 e. The summed E-state index contributed by atoms with van der Waals surface area (Å²) in [7, 11) is 0. The second-order valence-corrected chi connectivity index (χ2v) is 23.6. The minimum Gasteiger partial charge on any atom is -0.375 e. The number of hydrogen-bond donors (Lipinski definition) is 6. The molecule has 0 aromatic carbocycles. The Balaban J connectivity index is 0.636. The van der Waals surface area contributed by atoms with E-state index in [1.807, 2.05) is 0 Å². The number of piperidine rings is 1. The van der Waals surface area contributed by atoms with Gasteiger partial charge in [0.1, 0.15) is 12.3 Å². The van der Waals surface area contributed by atoms with Gasteiger partial charge in [0.25, 0.3) is 0 Å². The lowest BCUT2D eigenvalue weighted by Gasteiger charge is -2.54. The van der Waals surface area contributed by atoms with Crippen molar-refractivity contribution in [2.75, 3.05) is 26.2 Å². The summed E-state index contributed by atoms with van der Waals surface area (Å²) in [5, 5.41) is 17.1. The van der Waals surface area contributed by atoms with Crippen molar-refractivity contribution in [3.8, 4) is 6.07 Å². The van der Waals surface area contributed by atoms with Gasteiger partial charge < -0.3 is 19.5 Å². The van der Waals surface area contributed by atoms with Crippen LogP contribution in [-0.2, 0) is 19.0 Å². The summed E-state index contributed by atoms with van der Waals surface area (Å²) in [6, 6.07) is 2.50. The third-order valence-corrected chi connectivity index (χ3v) is 19.8. The van der Waals surface area contributed by atoms with Gasteiger partial charge in [-0.05, 0) is 133 Å². The van der Waals surface area contributed by atoms with Crippen molar-refractivity contribution >= 4 is 35.0 Å². The Morgan fingerprint density at radius 1 is 0.921 bits per heavy atom. The molecule has 6 N–H and O–H groups in total. The average molecular weight is 914 g/mol. The molecule has 0 bridgehead atoms. The highest BCUT2D eigenvalue weighted by Gasteiger charge is 2.55. The number of hydrazine groups is 2. The molecule has 9 fully saturated rings. The van der Waals surface area contributed by atoms with E-state index in [0.717, 1.165) is 103 Å². The van der Waals surface area contributed by atoms with Gasteiger partial charge >= 0.3 is 0 Å². The molecule has 1 spiro atoms. The number of nitrogens with one attached hydrogen (secondary N) is 6. The molecule has 0 radical (unpaired) electrons. The molecule has 10 aliphatic rings. The lowest BCUT2D eigenvalue weighted by Crippen LogP contribution is -2.64. The van der Waals surface area contributed by atoms with E-state index < -0.39 is 0 Å². The first-order valence-electron chi connectivity index (χ1n) is 25.4. The fourth-order valence-electron chi connectivity index (χ4n) is 13.6. The maximum atomic E-state index is 13.3. The second-order valence-electron chi connectivity index (χ2n) is 21.6. The second kappa shape index (κ2) is 19.8. The highest BCUT2D eigenvalue weighted by Crippen LogP contribution is 2.53. The van der Waals surface area contributed by atoms with E-state index in [1.54, 1.807) is 0 Å². The summed E-state index contributed by atoms with van der Waals surface area (Å²) < 4.78 is 19.4. The molecule has 12 unspecified atom stereocenters. The number of halogens is 1. The topological polar surface area (TPSA) is 160 Å². The standard InChI is InChI=1S/C47H77ClN10O4S/c1-27-28(2)63-46-42(27)43(52-39(23-41-50-18-21-60-41)44-56-53-29(3)58(44)46)30-4-9-33(10-5-30)62-36-24-47(25-36)16-19-57(20-17-47)40-15-14-38(54-55-40)45(59)51-32-7-12-34(13-8-32)61-35-11-6-31(26-49)37(48)22-35/h27-42,44,46,50,53-56H,4-25H2,1-3H3,(H,51,59)/t27?,28?,29?,30?,31?,32?,33?,34?,35?,37?,38?,39-,40?,41?,42?,44?,46?/m0/s1. The molecule has 5 saturated heterocycles. The van der Waals surface area contributed by atoms with E-state index in [0.29, 0.717) is 46.0 Å². The molecule has 63 heavy (non-hydrogen) atoms. The monoisotopic (exact) mass is 913 g/mol. The maximum absolute atomic E-state index is 13.3. The Morgan fingerprint density at radius 2 is 1.65 bits per heavy atom. The number of ether oxygens (including phenoxy) is 3. The summed E-state index contributed by atoms with van der Waals surface area (Å²) >= 11 is 8.61. The summed E-state index contributed by atoms with van der Waals surface area (Å²) in [6.45, 7) is 11.1. The molecule has 4 aliphatic carbocycles. The van der Waals surface area contributed by atoms with Crippen LogP contribution in [0.5, 0.6) is 0 Å². The Labute approximate surface area is 385 Å². The molecule has 13 atom stereocenters. The number of rotatable bonds is 10. The highest BCUT2D eigenvalue weighted by molar-refractivity contribution is 8.00. The van der Waals surface area contributed by atoms with Crippen molar-refractivity contribution in [3.63, 3.8) is 0 Å². The maximum Gasteiger partial charge on any atom is 0.238 e. The fourth-order valence-corrected chi connectivity index (χ4v) is 15.8. The zero-order valence-corrected chi connectivity index (χ0v) is 39.7. The van der Waals surface area contributed by atoms with Gasteiger partial charge in [-0.1, -0.05) is 13.8 Å². The number of nitriles is 1. The number of aliphatic imine (C=N–C) groups is 1. The van der Waals surface area contributed by atoms with E-state index in [1.165, 1.54) is 44.2 Å². The van der Waals surface area contributed by atoms with Crippen LogP contribution in [0.2, 0.25) is 0 Å². The van der Waals surface area contributed by atoms with Crippen LogP contribution in [0.4, 0.5) is 0 Å². The number of alkyl halides is 1. The molecule has 0 aromatic rings. The van der Waals surface area contributed by atoms with Gasteiger partial charge in [0.05, 0.1) is 78.3 Å². The van der Waals surface area contributed by atoms with Crippen molar-refractivity contribution in [1.29, 1.82) is 5.26 Å². The minimum absolute atomic E-state index is 0.0544. The number of nitrogens with zero attached hydrogens (tertiary/aromatic N) is 4. The molecule has 6 heterocycles. The summed E-state index contributed by atoms with van der Waals surface area (Å²) in [4.78, 5) is 24.4. The number of amides is 1. The molecule has 14 nitrogen and oxygen atoms in total. The molecule has 0 aromatic heterocycles. The Kier molecular flexibility index (Phi) is 14.4. The molecule has 352 valence electrons. The van der Waals surface area contributed by atoms with Crippen LogP contribution in [0, 0.1) is 40.4 Å². The molecular weight excluding hydrogens is 836 g/mol. The molecule has 1 amide bonds. The number of likely N-dealkylation sites (tertiary alicyclic amines) is 1. The third kappa shape index (κ3) is 9.91. The van der Waals surface area contributed by atoms with Crippen molar-refractivity contribution in [2.45, 2.75) is 220 Å².